The average molecular weight is 137 g/mol. The molecule has 0 radical (unpaired) electrons. The minimum atomic E-state index is 0.461. The van der Waals surface area contributed by atoms with E-state index in [1.807, 2.05) is 5.38 Å². The summed E-state index contributed by atoms with van der Waals surface area (Å²) >= 11 is 4.93. The van der Waals surface area contributed by atoms with Crippen molar-refractivity contribution < 1.29 is 4.79 Å². The van der Waals surface area contributed by atoms with Gasteiger partial charge in [-0.25, -0.2) is 0 Å². The molecule has 0 aliphatic rings. The third kappa shape index (κ3) is 6.64. The van der Waals surface area contributed by atoms with Crippen molar-refractivity contribution in [1.82, 2.24) is 0 Å². The second-order valence-corrected chi connectivity index (χ2v) is 1.05. The molecule has 0 saturated heterocycles. The summed E-state index contributed by atoms with van der Waals surface area (Å²) in [5.74, 6) is 11.1. The van der Waals surface area contributed by atoms with Crippen LogP contribution < -0.4 is 0 Å². The van der Waals surface area contributed by atoms with E-state index in [-0.39, 0.29) is 0 Å². The van der Waals surface area contributed by atoms with Crippen LogP contribution in [0.15, 0.2) is 0 Å². The molecule has 0 spiro atoms. The lowest BCUT2D eigenvalue weighted by molar-refractivity contribution is -0.103. The molecule has 0 aliphatic carbocycles. The fraction of sp³-hybridized carbons (Fsp3) is 0. The molecule has 0 aliphatic heterocycles. The monoisotopic (exact) mass is 136 g/mol. The van der Waals surface area contributed by atoms with Gasteiger partial charge in [-0.2, -0.15) is 0 Å². The zero-order valence-corrected chi connectivity index (χ0v) is 5.12. The Hall–Kier alpha value is -1.36. The van der Waals surface area contributed by atoms with Gasteiger partial charge in [0, 0.05) is 17.2 Å². The third-order valence-corrected chi connectivity index (χ3v) is 0.460. The second kappa shape index (κ2) is 6.64. The minimum absolute atomic E-state index is 0.461. The number of halogens is 1. The Labute approximate surface area is 58.4 Å². The van der Waals surface area contributed by atoms with Crippen molar-refractivity contribution in [3.05, 3.63) is 0 Å². The number of hydrogen-bond acceptors (Lipinski definition) is 1. The van der Waals surface area contributed by atoms with Gasteiger partial charge in [-0.1, -0.05) is 0 Å². The van der Waals surface area contributed by atoms with Gasteiger partial charge < -0.3 is 0 Å². The van der Waals surface area contributed by atoms with Crippen molar-refractivity contribution in [2.45, 2.75) is 0 Å². The van der Waals surface area contributed by atoms with Crippen LogP contribution in [0.5, 0.6) is 0 Å². The number of rotatable bonds is 0. The van der Waals surface area contributed by atoms with Crippen LogP contribution in [0.1, 0.15) is 0 Å². The lowest BCUT2D eigenvalue weighted by atomic mass is 10.5. The molecule has 0 amide bonds. The first-order valence-corrected chi connectivity index (χ1v) is 2.34. The number of hydrogen-bond donors (Lipinski definition) is 0. The molecule has 0 N–H and O–H groups in total. The molecule has 0 rings (SSSR count). The number of carbonyl (C=O) groups excluding carboxylic acids is 1. The van der Waals surface area contributed by atoms with Crippen LogP contribution in [0.4, 0.5) is 0 Å². The van der Waals surface area contributed by atoms with Gasteiger partial charge >= 0.3 is 0 Å². The topological polar surface area (TPSA) is 17.1 Å². The Morgan fingerprint density at radius 3 is 2.33 bits per heavy atom. The molecule has 2 heteroatoms. The summed E-state index contributed by atoms with van der Waals surface area (Å²) in [5, 5.41) is 2.04. The molecule has 9 heavy (non-hydrogen) atoms. The molecule has 42 valence electrons. The molecular formula is C7HClO. The molecular weight excluding hydrogens is 136 g/mol. The van der Waals surface area contributed by atoms with Gasteiger partial charge in [0.2, 0.25) is 0 Å². The SMILES string of the molecule is O=CC#CC#CC#CCl. The Balaban J connectivity index is 3.85. The molecule has 0 bridgehead atoms. The van der Waals surface area contributed by atoms with Crippen LogP contribution in [0.3, 0.4) is 0 Å². The maximum atomic E-state index is 9.53. The molecule has 0 aromatic heterocycles. The Kier molecular flexibility index (Phi) is 5.64. The van der Waals surface area contributed by atoms with Gasteiger partial charge in [-0.15, -0.1) is 0 Å². The summed E-state index contributed by atoms with van der Waals surface area (Å²) in [6.45, 7) is 0. The highest BCUT2D eigenvalue weighted by Crippen LogP contribution is 1.59. The zero-order valence-electron chi connectivity index (χ0n) is 4.36. The van der Waals surface area contributed by atoms with E-state index in [1.165, 1.54) is 0 Å². The average Bonchev–Trinajstić information content (AvgIpc) is 1.89. The predicted molar refractivity (Wildman–Crippen MR) is 35.2 cm³/mol. The maximum absolute atomic E-state index is 9.53. The number of carbonyl (C=O) groups is 1. The molecule has 0 aromatic carbocycles. The summed E-state index contributed by atoms with van der Waals surface area (Å²) < 4.78 is 0. The fourth-order valence-electron chi connectivity index (χ4n) is 0.152. The van der Waals surface area contributed by atoms with Gasteiger partial charge in [-0.3, -0.25) is 4.79 Å². The quantitative estimate of drug-likeness (QED) is 0.348. The van der Waals surface area contributed by atoms with Crippen molar-refractivity contribution >= 4 is 17.9 Å². The summed E-state index contributed by atoms with van der Waals surface area (Å²) in [6.07, 6.45) is 0.461. The van der Waals surface area contributed by atoms with Crippen molar-refractivity contribution in [3.8, 4) is 35.0 Å². The molecule has 0 aromatic rings. The molecule has 0 fully saturated rings. The first-order valence-electron chi connectivity index (χ1n) is 1.96. The molecule has 0 unspecified atom stereocenters. The normalized spacial score (nSPS) is 4.11. The molecule has 0 heterocycles. The van der Waals surface area contributed by atoms with Gasteiger partial charge in [0.15, 0.2) is 6.29 Å². The van der Waals surface area contributed by atoms with Gasteiger partial charge in [0.25, 0.3) is 0 Å². The first-order chi connectivity index (χ1) is 4.41. The molecule has 0 atom stereocenters. The highest BCUT2D eigenvalue weighted by Gasteiger charge is 1.53. The summed E-state index contributed by atoms with van der Waals surface area (Å²) in [7, 11) is 0. The van der Waals surface area contributed by atoms with E-state index in [9.17, 15) is 4.79 Å². The van der Waals surface area contributed by atoms with Gasteiger partial charge in [0.1, 0.15) is 0 Å². The lowest BCUT2D eigenvalue weighted by Crippen LogP contribution is -1.56. The van der Waals surface area contributed by atoms with E-state index in [0.717, 1.165) is 0 Å². The van der Waals surface area contributed by atoms with E-state index < -0.39 is 0 Å². The van der Waals surface area contributed by atoms with E-state index in [2.05, 4.69) is 29.6 Å². The minimum Gasteiger partial charge on any atom is -0.289 e. The maximum Gasteiger partial charge on any atom is 0.193 e. The van der Waals surface area contributed by atoms with Crippen LogP contribution in [0, 0.1) is 35.0 Å². The predicted octanol–water partition coefficient (Wildman–Crippen LogP) is 0.392. The van der Waals surface area contributed by atoms with E-state index >= 15 is 0 Å². The van der Waals surface area contributed by atoms with Crippen molar-refractivity contribution in [3.63, 3.8) is 0 Å². The standard InChI is InChI=1S/C7HClO/c8-6-4-2-1-3-5-7-9/h7H. The van der Waals surface area contributed by atoms with Gasteiger partial charge in [0.05, 0.1) is 0 Å². The highest BCUT2D eigenvalue weighted by atomic mass is 35.5. The molecule has 0 saturated carbocycles. The third-order valence-electron chi connectivity index (χ3n) is 0.366. The van der Waals surface area contributed by atoms with Crippen molar-refractivity contribution in [2.75, 3.05) is 0 Å². The Morgan fingerprint density at radius 2 is 1.78 bits per heavy atom. The van der Waals surface area contributed by atoms with Gasteiger partial charge in [-0.05, 0) is 29.4 Å². The Bertz CT molecular complexity index is 258. The van der Waals surface area contributed by atoms with Crippen molar-refractivity contribution in [1.29, 1.82) is 0 Å². The van der Waals surface area contributed by atoms with E-state index in [0.29, 0.717) is 6.29 Å². The van der Waals surface area contributed by atoms with Crippen LogP contribution in [-0.4, -0.2) is 6.29 Å². The Morgan fingerprint density at radius 1 is 1.11 bits per heavy atom. The van der Waals surface area contributed by atoms with E-state index in [4.69, 9.17) is 11.6 Å². The van der Waals surface area contributed by atoms with Crippen LogP contribution >= 0.6 is 11.6 Å². The van der Waals surface area contributed by atoms with E-state index in [1.54, 1.807) is 0 Å². The molecule has 1 nitrogen and oxygen atoms in total. The van der Waals surface area contributed by atoms with Crippen LogP contribution in [0.25, 0.3) is 0 Å². The highest BCUT2D eigenvalue weighted by molar-refractivity contribution is 6.30. The smallest absolute Gasteiger partial charge is 0.193 e. The summed E-state index contributed by atoms with van der Waals surface area (Å²) in [4.78, 5) is 9.53. The lowest BCUT2D eigenvalue weighted by Gasteiger charge is -1.51. The number of aldehydes is 1. The zero-order chi connectivity index (χ0) is 6.95. The first kappa shape index (κ1) is 7.64. The van der Waals surface area contributed by atoms with Crippen molar-refractivity contribution in [2.24, 2.45) is 0 Å². The summed E-state index contributed by atoms with van der Waals surface area (Å²) in [5.41, 5.74) is 0. The van der Waals surface area contributed by atoms with Crippen LogP contribution in [-0.2, 0) is 4.79 Å². The van der Waals surface area contributed by atoms with Crippen LogP contribution in [0.2, 0.25) is 0 Å². The second-order valence-electron chi connectivity index (χ2n) is 0.857. The summed E-state index contributed by atoms with van der Waals surface area (Å²) in [6, 6.07) is 0. The fourth-order valence-corrected chi connectivity index (χ4v) is 0.199. The largest absolute Gasteiger partial charge is 0.289 e.